The predicted octanol–water partition coefficient (Wildman–Crippen LogP) is 6.70. The topological polar surface area (TPSA) is 26.3 Å². The molecular formula is C22H36O2. The Morgan fingerprint density at radius 1 is 0.708 bits per heavy atom. The van der Waals surface area contributed by atoms with Gasteiger partial charge in [0.2, 0.25) is 0 Å². The standard InChI is InChI=1S/C22H36O2/c1-3-5-6-7-8-9-10-11-12-13-14-15-16-17-18-19-20-21-22(23)24-4-2/h8-9,11-12,14-15,17-18H,3-7,10,13,16,19-21H2,1-2H3/b9-8+,12-11+,15-14+,18-17+. The molecule has 24 heavy (non-hydrogen) atoms. The highest BCUT2D eigenvalue weighted by molar-refractivity contribution is 5.69. The molecule has 0 spiro atoms. The summed E-state index contributed by atoms with van der Waals surface area (Å²) in [6.07, 6.45) is 28.2. The number of carbonyl (C=O) groups is 1. The van der Waals surface area contributed by atoms with Gasteiger partial charge in [0.05, 0.1) is 6.61 Å². The van der Waals surface area contributed by atoms with Crippen LogP contribution in [0.25, 0.3) is 0 Å². The molecule has 0 unspecified atom stereocenters. The number of rotatable bonds is 15. The van der Waals surface area contributed by atoms with Gasteiger partial charge in [0, 0.05) is 6.42 Å². The van der Waals surface area contributed by atoms with Gasteiger partial charge >= 0.3 is 5.97 Å². The van der Waals surface area contributed by atoms with E-state index in [1.54, 1.807) is 0 Å². The van der Waals surface area contributed by atoms with Gasteiger partial charge in [0.1, 0.15) is 0 Å². The van der Waals surface area contributed by atoms with E-state index in [0.29, 0.717) is 13.0 Å². The molecule has 0 amide bonds. The molecule has 0 aromatic carbocycles. The molecule has 0 aromatic rings. The van der Waals surface area contributed by atoms with E-state index < -0.39 is 0 Å². The van der Waals surface area contributed by atoms with Crippen molar-refractivity contribution >= 4 is 5.97 Å². The van der Waals surface area contributed by atoms with Crippen LogP contribution in [0.1, 0.15) is 78.1 Å². The SMILES string of the molecule is CCCCC/C=C/C/C=C/C/C=C/C/C=C/CCCC(=O)OCC. The summed E-state index contributed by atoms with van der Waals surface area (Å²) in [4.78, 5) is 11.1. The Morgan fingerprint density at radius 3 is 1.71 bits per heavy atom. The Kier molecular flexibility index (Phi) is 18.2. The highest BCUT2D eigenvalue weighted by Crippen LogP contribution is 2.02. The van der Waals surface area contributed by atoms with Gasteiger partial charge in [-0.25, -0.2) is 0 Å². The first kappa shape index (κ1) is 22.4. The fourth-order valence-electron chi connectivity index (χ4n) is 2.16. The maximum Gasteiger partial charge on any atom is 0.305 e. The van der Waals surface area contributed by atoms with E-state index in [4.69, 9.17) is 4.74 Å². The van der Waals surface area contributed by atoms with Crippen molar-refractivity contribution in [2.75, 3.05) is 6.61 Å². The summed E-state index contributed by atoms with van der Waals surface area (Å²) in [6, 6.07) is 0. The summed E-state index contributed by atoms with van der Waals surface area (Å²) < 4.78 is 4.89. The second-order valence-electron chi connectivity index (χ2n) is 5.79. The molecule has 2 heteroatoms. The zero-order valence-corrected chi connectivity index (χ0v) is 15.7. The van der Waals surface area contributed by atoms with Gasteiger partial charge in [-0.1, -0.05) is 68.4 Å². The van der Waals surface area contributed by atoms with E-state index in [2.05, 4.69) is 55.5 Å². The molecule has 0 rings (SSSR count). The van der Waals surface area contributed by atoms with Crippen molar-refractivity contribution in [1.82, 2.24) is 0 Å². The average Bonchev–Trinajstić information content (AvgIpc) is 2.58. The number of ether oxygens (including phenoxy) is 1. The van der Waals surface area contributed by atoms with Gasteiger partial charge in [-0.05, 0) is 51.9 Å². The minimum absolute atomic E-state index is 0.0895. The van der Waals surface area contributed by atoms with Gasteiger partial charge in [0.15, 0.2) is 0 Å². The summed E-state index contributed by atoms with van der Waals surface area (Å²) in [5.74, 6) is -0.0895. The van der Waals surface area contributed by atoms with Gasteiger partial charge in [-0.3, -0.25) is 4.79 Å². The lowest BCUT2D eigenvalue weighted by molar-refractivity contribution is -0.143. The Hall–Kier alpha value is -1.57. The van der Waals surface area contributed by atoms with Gasteiger partial charge in [0.25, 0.3) is 0 Å². The summed E-state index contributed by atoms with van der Waals surface area (Å²) in [5, 5.41) is 0. The largest absolute Gasteiger partial charge is 0.466 e. The Balaban J connectivity index is 3.43. The van der Waals surface area contributed by atoms with E-state index in [-0.39, 0.29) is 5.97 Å². The first-order valence-corrected chi connectivity index (χ1v) is 9.56. The summed E-state index contributed by atoms with van der Waals surface area (Å²) >= 11 is 0. The number of hydrogen-bond donors (Lipinski definition) is 0. The molecule has 0 aromatic heterocycles. The maximum atomic E-state index is 11.1. The van der Waals surface area contributed by atoms with Crippen LogP contribution in [-0.4, -0.2) is 12.6 Å². The molecule has 2 nitrogen and oxygen atoms in total. The summed E-state index contributed by atoms with van der Waals surface area (Å²) in [6.45, 7) is 4.55. The molecule has 0 radical (unpaired) electrons. The third-order valence-corrected chi connectivity index (χ3v) is 3.51. The van der Waals surface area contributed by atoms with Crippen molar-refractivity contribution in [2.24, 2.45) is 0 Å². The van der Waals surface area contributed by atoms with Crippen LogP contribution < -0.4 is 0 Å². The normalized spacial score (nSPS) is 12.2. The first-order valence-electron chi connectivity index (χ1n) is 9.56. The van der Waals surface area contributed by atoms with Gasteiger partial charge in [-0.15, -0.1) is 0 Å². The van der Waals surface area contributed by atoms with Crippen LogP contribution in [0, 0.1) is 0 Å². The Labute approximate surface area is 149 Å². The molecule has 0 heterocycles. The second-order valence-corrected chi connectivity index (χ2v) is 5.79. The second kappa shape index (κ2) is 19.5. The molecule has 0 saturated carbocycles. The molecule has 0 atom stereocenters. The third-order valence-electron chi connectivity index (χ3n) is 3.51. The van der Waals surface area contributed by atoms with E-state index in [9.17, 15) is 4.79 Å². The predicted molar refractivity (Wildman–Crippen MR) is 105 cm³/mol. The van der Waals surface area contributed by atoms with Crippen molar-refractivity contribution in [3.8, 4) is 0 Å². The average molecular weight is 333 g/mol. The maximum absolute atomic E-state index is 11.1. The number of allylic oxidation sites excluding steroid dienone is 8. The number of esters is 1. The van der Waals surface area contributed by atoms with Crippen LogP contribution in [0.5, 0.6) is 0 Å². The minimum Gasteiger partial charge on any atom is -0.466 e. The first-order chi connectivity index (χ1) is 11.8. The molecule has 0 N–H and O–H groups in total. The molecule has 0 aliphatic heterocycles. The smallest absolute Gasteiger partial charge is 0.305 e. The zero-order valence-electron chi connectivity index (χ0n) is 15.7. The van der Waals surface area contributed by atoms with E-state index >= 15 is 0 Å². The lowest BCUT2D eigenvalue weighted by atomic mass is 10.2. The van der Waals surface area contributed by atoms with Crippen molar-refractivity contribution in [3.05, 3.63) is 48.6 Å². The fourth-order valence-corrected chi connectivity index (χ4v) is 2.16. The lowest BCUT2D eigenvalue weighted by Crippen LogP contribution is -2.02. The minimum atomic E-state index is -0.0895. The monoisotopic (exact) mass is 332 g/mol. The Bertz CT molecular complexity index is 389. The van der Waals surface area contributed by atoms with Crippen LogP contribution in [0.15, 0.2) is 48.6 Å². The van der Waals surface area contributed by atoms with Gasteiger partial charge < -0.3 is 4.74 Å². The summed E-state index contributed by atoms with van der Waals surface area (Å²) in [7, 11) is 0. The van der Waals surface area contributed by atoms with Crippen LogP contribution in [0.2, 0.25) is 0 Å². The van der Waals surface area contributed by atoms with Crippen LogP contribution in [0.3, 0.4) is 0 Å². The summed E-state index contributed by atoms with van der Waals surface area (Å²) in [5.41, 5.74) is 0. The quantitative estimate of drug-likeness (QED) is 0.189. The molecule has 0 bridgehead atoms. The van der Waals surface area contributed by atoms with Crippen molar-refractivity contribution < 1.29 is 9.53 Å². The zero-order chi connectivity index (χ0) is 17.7. The highest BCUT2D eigenvalue weighted by Gasteiger charge is 1.98. The molecule has 136 valence electrons. The van der Waals surface area contributed by atoms with E-state index in [0.717, 1.165) is 32.1 Å². The van der Waals surface area contributed by atoms with Gasteiger partial charge in [-0.2, -0.15) is 0 Å². The molecule has 0 saturated heterocycles. The molecule has 0 aliphatic rings. The fraction of sp³-hybridized carbons (Fsp3) is 0.591. The Morgan fingerprint density at radius 2 is 1.21 bits per heavy atom. The van der Waals surface area contributed by atoms with E-state index in [1.807, 2.05) is 6.92 Å². The van der Waals surface area contributed by atoms with Crippen LogP contribution in [-0.2, 0) is 9.53 Å². The molecule has 0 aliphatic carbocycles. The van der Waals surface area contributed by atoms with Crippen molar-refractivity contribution in [1.29, 1.82) is 0 Å². The number of carbonyl (C=O) groups excluding carboxylic acids is 1. The molecule has 0 fully saturated rings. The molecular weight excluding hydrogens is 296 g/mol. The van der Waals surface area contributed by atoms with Crippen LogP contribution >= 0.6 is 0 Å². The van der Waals surface area contributed by atoms with E-state index in [1.165, 1.54) is 25.7 Å². The third kappa shape index (κ3) is 18.5. The highest BCUT2D eigenvalue weighted by atomic mass is 16.5. The van der Waals surface area contributed by atoms with Crippen molar-refractivity contribution in [3.63, 3.8) is 0 Å². The number of hydrogen-bond acceptors (Lipinski definition) is 2. The lowest BCUT2D eigenvalue weighted by Gasteiger charge is -1.98. The van der Waals surface area contributed by atoms with Crippen molar-refractivity contribution in [2.45, 2.75) is 78.1 Å². The van der Waals surface area contributed by atoms with Crippen LogP contribution in [0.4, 0.5) is 0 Å². The number of unbranched alkanes of at least 4 members (excludes halogenated alkanes) is 4.